The van der Waals surface area contributed by atoms with E-state index in [2.05, 4.69) is 39.2 Å². The van der Waals surface area contributed by atoms with Gasteiger partial charge < -0.3 is 5.32 Å². The zero-order valence-electron chi connectivity index (χ0n) is 18.3. The van der Waals surface area contributed by atoms with E-state index in [1.54, 1.807) is 24.3 Å². The van der Waals surface area contributed by atoms with Crippen LogP contribution in [0.2, 0.25) is 0 Å². The largest absolute Gasteiger partial charge is 0.348 e. The summed E-state index contributed by atoms with van der Waals surface area (Å²) >= 11 is 0. The number of benzene rings is 2. The molecule has 0 atom stereocenters. The molecular weight excluding hydrogens is 410 g/mol. The summed E-state index contributed by atoms with van der Waals surface area (Å²) < 4.78 is 26.4. The average molecular weight is 444 g/mol. The van der Waals surface area contributed by atoms with E-state index < -0.39 is 10.0 Å². The Labute approximate surface area is 186 Å². The molecule has 0 spiro atoms. The van der Waals surface area contributed by atoms with Crippen LogP contribution in [0.15, 0.2) is 48.5 Å². The Morgan fingerprint density at radius 3 is 2.32 bits per heavy atom. The summed E-state index contributed by atoms with van der Waals surface area (Å²) in [4.78, 5) is 15.0. The van der Waals surface area contributed by atoms with Crippen molar-refractivity contribution < 1.29 is 13.2 Å². The zero-order valence-corrected chi connectivity index (χ0v) is 19.1. The van der Waals surface area contributed by atoms with E-state index in [0.717, 1.165) is 12.1 Å². The number of nitrogens with zero attached hydrogens (tertiary/aromatic N) is 1. The van der Waals surface area contributed by atoms with Crippen molar-refractivity contribution in [2.24, 2.45) is 0 Å². The van der Waals surface area contributed by atoms with E-state index in [4.69, 9.17) is 0 Å². The maximum Gasteiger partial charge on any atom is 0.251 e. The summed E-state index contributed by atoms with van der Waals surface area (Å²) in [5.74, 6) is -0.179. The molecule has 2 N–H and O–H groups in total. The number of nitrogens with one attached hydrogen (secondary N) is 2. The molecule has 3 rings (SSSR count). The molecular formula is C24H33N3O3S. The minimum absolute atomic E-state index is 0.0528. The predicted molar refractivity (Wildman–Crippen MR) is 125 cm³/mol. The molecule has 0 aromatic heterocycles. The monoisotopic (exact) mass is 443 g/mol. The molecule has 0 radical (unpaired) electrons. The molecule has 168 valence electrons. The van der Waals surface area contributed by atoms with E-state index in [1.807, 2.05) is 6.92 Å². The summed E-state index contributed by atoms with van der Waals surface area (Å²) in [5, 5.41) is 2.91. The van der Waals surface area contributed by atoms with Crippen LogP contribution >= 0.6 is 0 Å². The van der Waals surface area contributed by atoms with Gasteiger partial charge in [-0.05, 0) is 61.7 Å². The lowest BCUT2D eigenvalue weighted by molar-refractivity contribution is 0.0951. The normalized spacial score (nSPS) is 15.3. The summed E-state index contributed by atoms with van der Waals surface area (Å²) in [7, 11) is -3.38. The molecule has 0 saturated carbocycles. The highest BCUT2D eigenvalue weighted by Crippen LogP contribution is 2.15. The first-order chi connectivity index (χ1) is 14.9. The van der Waals surface area contributed by atoms with Crippen molar-refractivity contribution in [2.75, 3.05) is 23.6 Å². The van der Waals surface area contributed by atoms with Gasteiger partial charge in [-0.15, -0.1) is 0 Å². The number of rotatable bonds is 9. The molecule has 1 heterocycles. The third kappa shape index (κ3) is 7.67. The van der Waals surface area contributed by atoms with Crippen LogP contribution in [-0.4, -0.2) is 38.1 Å². The third-order valence-electron chi connectivity index (χ3n) is 5.45. The van der Waals surface area contributed by atoms with Gasteiger partial charge in [0.2, 0.25) is 10.0 Å². The van der Waals surface area contributed by atoms with Crippen molar-refractivity contribution in [1.82, 2.24) is 10.2 Å². The number of amides is 1. The average Bonchev–Trinajstić information content (AvgIpc) is 3.01. The van der Waals surface area contributed by atoms with Crippen molar-refractivity contribution in [1.29, 1.82) is 0 Å². The Kier molecular flexibility index (Phi) is 8.49. The Morgan fingerprint density at radius 1 is 0.968 bits per heavy atom. The Morgan fingerprint density at radius 2 is 1.65 bits per heavy atom. The first kappa shape index (κ1) is 23.3. The molecule has 1 aliphatic heterocycles. The topological polar surface area (TPSA) is 78.5 Å². The van der Waals surface area contributed by atoms with E-state index in [0.29, 0.717) is 24.2 Å². The number of hydrogen-bond acceptors (Lipinski definition) is 4. The smallest absolute Gasteiger partial charge is 0.251 e. The van der Waals surface area contributed by atoms with Crippen molar-refractivity contribution in [3.05, 3.63) is 65.2 Å². The quantitative estimate of drug-likeness (QED) is 0.610. The van der Waals surface area contributed by atoms with Gasteiger partial charge in [0.1, 0.15) is 0 Å². The van der Waals surface area contributed by atoms with E-state index >= 15 is 0 Å². The predicted octanol–water partition coefficient (Wildman–Crippen LogP) is 4.14. The van der Waals surface area contributed by atoms with Gasteiger partial charge in [0, 0.05) is 24.3 Å². The molecule has 7 heteroatoms. The molecule has 1 fully saturated rings. The Balaban J connectivity index is 1.52. The first-order valence-electron chi connectivity index (χ1n) is 11.1. The molecule has 0 bridgehead atoms. The minimum Gasteiger partial charge on any atom is -0.348 e. The lowest BCUT2D eigenvalue weighted by Crippen LogP contribution is -2.24. The summed E-state index contributed by atoms with van der Waals surface area (Å²) in [6.07, 6.45) is 5.77. The molecule has 2 aromatic rings. The van der Waals surface area contributed by atoms with Gasteiger partial charge in [0.15, 0.2) is 0 Å². The van der Waals surface area contributed by atoms with Crippen LogP contribution in [0.5, 0.6) is 0 Å². The van der Waals surface area contributed by atoms with E-state index in [1.165, 1.54) is 44.3 Å². The van der Waals surface area contributed by atoms with Gasteiger partial charge in [-0.1, -0.05) is 50.1 Å². The fourth-order valence-corrected chi connectivity index (χ4v) is 4.95. The molecule has 1 amide bonds. The van der Waals surface area contributed by atoms with Gasteiger partial charge in [-0.25, -0.2) is 8.42 Å². The van der Waals surface area contributed by atoms with Gasteiger partial charge in [0.05, 0.1) is 5.75 Å². The Bertz CT molecular complexity index is 950. The molecule has 1 saturated heterocycles. The fraction of sp³-hybridized carbons (Fsp3) is 0.458. The molecule has 0 aliphatic carbocycles. The van der Waals surface area contributed by atoms with E-state index in [-0.39, 0.29) is 11.7 Å². The second-order valence-corrected chi connectivity index (χ2v) is 10.0. The first-order valence-corrected chi connectivity index (χ1v) is 12.8. The van der Waals surface area contributed by atoms with Crippen LogP contribution in [0.3, 0.4) is 0 Å². The van der Waals surface area contributed by atoms with Crippen LogP contribution in [0.4, 0.5) is 5.69 Å². The van der Waals surface area contributed by atoms with E-state index in [9.17, 15) is 13.2 Å². The summed E-state index contributed by atoms with van der Waals surface area (Å²) in [6.45, 7) is 5.56. The maximum atomic E-state index is 12.5. The van der Waals surface area contributed by atoms with Crippen LogP contribution in [-0.2, 0) is 23.1 Å². The number of carbonyl (C=O) groups is 1. The molecule has 31 heavy (non-hydrogen) atoms. The fourth-order valence-electron chi connectivity index (χ4n) is 3.82. The van der Waals surface area contributed by atoms with Crippen LogP contribution < -0.4 is 10.0 Å². The number of likely N-dealkylation sites (tertiary alicyclic amines) is 1. The number of hydrogen-bond donors (Lipinski definition) is 2. The molecule has 1 aliphatic rings. The number of anilines is 1. The highest BCUT2D eigenvalue weighted by molar-refractivity contribution is 7.92. The van der Waals surface area contributed by atoms with Crippen LogP contribution in [0.1, 0.15) is 60.5 Å². The van der Waals surface area contributed by atoms with Crippen molar-refractivity contribution >= 4 is 21.6 Å². The van der Waals surface area contributed by atoms with Crippen molar-refractivity contribution in [2.45, 2.75) is 52.1 Å². The van der Waals surface area contributed by atoms with Crippen LogP contribution in [0.25, 0.3) is 0 Å². The Hall–Kier alpha value is -2.38. The highest BCUT2D eigenvalue weighted by atomic mass is 32.2. The second-order valence-electron chi connectivity index (χ2n) is 8.19. The van der Waals surface area contributed by atoms with Crippen LogP contribution in [0, 0.1) is 0 Å². The van der Waals surface area contributed by atoms with Gasteiger partial charge in [0.25, 0.3) is 5.91 Å². The van der Waals surface area contributed by atoms with Crippen molar-refractivity contribution in [3.63, 3.8) is 0 Å². The number of carbonyl (C=O) groups excluding carboxylic acids is 1. The maximum absolute atomic E-state index is 12.5. The zero-order chi connectivity index (χ0) is 22.1. The summed E-state index contributed by atoms with van der Waals surface area (Å²) in [5.41, 5.74) is 3.16. The van der Waals surface area contributed by atoms with Gasteiger partial charge in [-0.2, -0.15) is 0 Å². The SMILES string of the molecule is CCCS(=O)(=O)Nc1cccc(C(=O)NCc2ccc(CN3CCCCCC3)cc2)c1. The number of sulfonamides is 1. The molecule has 2 aromatic carbocycles. The molecule has 6 nitrogen and oxygen atoms in total. The third-order valence-corrected chi connectivity index (χ3v) is 6.94. The second kappa shape index (κ2) is 11.3. The van der Waals surface area contributed by atoms with Gasteiger partial charge >= 0.3 is 0 Å². The standard InChI is InChI=1S/C24H33N3O3S/c1-2-16-31(29,30)26-23-9-7-8-22(17-23)24(28)25-18-20-10-12-21(13-11-20)19-27-14-5-3-4-6-15-27/h7-13,17,26H,2-6,14-16,18-19H2,1H3,(H,25,28). The molecule has 0 unspecified atom stereocenters. The lowest BCUT2D eigenvalue weighted by Gasteiger charge is -2.19. The van der Waals surface area contributed by atoms with Crippen molar-refractivity contribution in [3.8, 4) is 0 Å². The minimum atomic E-state index is -3.38. The summed E-state index contributed by atoms with van der Waals surface area (Å²) in [6, 6.07) is 14.9. The lowest BCUT2D eigenvalue weighted by atomic mass is 10.1. The highest BCUT2D eigenvalue weighted by Gasteiger charge is 2.12. The van der Waals surface area contributed by atoms with Gasteiger partial charge in [-0.3, -0.25) is 14.4 Å².